The lowest BCUT2D eigenvalue weighted by atomic mass is 9.72. The standard InChI is InChI=1S/C29H32ClF2N3O3/c1-37-18-7-8-25-20(14-18)19(22(30)16-35-25)10-13-34-28-21(27-23(31)5-2-6-24(27)32)15-26(28)38-29(36)17-4-3-11-33-12-9-17/h2,5-8,14,16-17,21,26,28,33-34H,3-4,9-13,15H2,1H3. The van der Waals surface area contributed by atoms with E-state index in [4.69, 9.17) is 21.1 Å². The highest BCUT2D eigenvalue weighted by atomic mass is 35.5. The van der Waals surface area contributed by atoms with Crippen molar-refractivity contribution in [2.45, 2.75) is 50.2 Å². The number of rotatable bonds is 8. The molecule has 1 aliphatic heterocycles. The summed E-state index contributed by atoms with van der Waals surface area (Å²) in [6.07, 6.45) is 4.49. The van der Waals surface area contributed by atoms with Crippen molar-refractivity contribution in [3.05, 3.63) is 70.4 Å². The monoisotopic (exact) mass is 543 g/mol. The van der Waals surface area contributed by atoms with E-state index in [2.05, 4.69) is 15.6 Å². The number of aromatic nitrogens is 1. The fourth-order valence-electron chi connectivity index (χ4n) is 5.61. The smallest absolute Gasteiger partial charge is 0.309 e. The summed E-state index contributed by atoms with van der Waals surface area (Å²) >= 11 is 6.52. The van der Waals surface area contributed by atoms with Crippen molar-refractivity contribution < 1.29 is 23.0 Å². The van der Waals surface area contributed by atoms with E-state index in [-0.39, 0.29) is 17.5 Å². The molecule has 0 radical (unpaired) electrons. The predicted molar refractivity (Wildman–Crippen MR) is 143 cm³/mol. The van der Waals surface area contributed by atoms with Gasteiger partial charge in [-0.05, 0) is 87.6 Å². The molecule has 2 heterocycles. The zero-order valence-corrected chi connectivity index (χ0v) is 22.1. The molecular weight excluding hydrogens is 512 g/mol. The first kappa shape index (κ1) is 26.8. The van der Waals surface area contributed by atoms with E-state index in [9.17, 15) is 13.6 Å². The van der Waals surface area contributed by atoms with Crippen molar-refractivity contribution >= 4 is 28.5 Å². The molecule has 5 rings (SSSR count). The van der Waals surface area contributed by atoms with E-state index >= 15 is 0 Å². The van der Waals surface area contributed by atoms with Crippen molar-refractivity contribution in [2.75, 3.05) is 26.7 Å². The largest absolute Gasteiger partial charge is 0.497 e. The zero-order chi connectivity index (χ0) is 26.6. The van der Waals surface area contributed by atoms with Gasteiger partial charge in [0.2, 0.25) is 0 Å². The Morgan fingerprint density at radius 1 is 1.18 bits per heavy atom. The lowest BCUT2D eigenvalue weighted by Gasteiger charge is -2.45. The van der Waals surface area contributed by atoms with Crippen LogP contribution >= 0.6 is 11.6 Å². The molecule has 0 bridgehead atoms. The third-order valence-corrected chi connectivity index (χ3v) is 8.08. The third kappa shape index (κ3) is 5.63. The summed E-state index contributed by atoms with van der Waals surface area (Å²) in [6.45, 7) is 2.14. The quantitative estimate of drug-likeness (QED) is 0.382. The molecule has 2 fully saturated rings. The normalized spacial score (nSPS) is 23.5. The Hall–Kier alpha value is -2.81. The van der Waals surface area contributed by atoms with Crippen LogP contribution in [0.1, 0.15) is 42.7 Å². The summed E-state index contributed by atoms with van der Waals surface area (Å²) in [7, 11) is 1.60. The molecule has 6 nitrogen and oxygen atoms in total. The van der Waals surface area contributed by atoms with E-state index in [1.54, 1.807) is 13.3 Å². The van der Waals surface area contributed by atoms with Gasteiger partial charge < -0.3 is 20.1 Å². The van der Waals surface area contributed by atoms with Gasteiger partial charge in [0, 0.05) is 23.1 Å². The van der Waals surface area contributed by atoms with Crippen LogP contribution in [0.15, 0.2) is 42.6 Å². The maximum atomic E-state index is 14.7. The van der Waals surface area contributed by atoms with Gasteiger partial charge in [-0.2, -0.15) is 0 Å². The average molecular weight is 544 g/mol. The summed E-state index contributed by atoms with van der Waals surface area (Å²) in [5.41, 5.74) is 1.73. The van der Waals surface area contributed by atoms with Crippen molar-refractivity contribution in [1.29, 1.82) is 0 Å². The number of benzene rings is 2. The van der Waals surface area contributed by atoms with E-state index in [0.29, 0.717) is 30.2 Å². The summed E-state index contributed by atoms with van der Waals surface area (Å²) < 4.78 is 40.7. The second-order valence-electron chi connectivity index (χ2n) is 10.0. The van der Waals surface area contributed by atoms with Crippen LogP contribution < -0.4 is 15.4 Å². The van der Waals surface area contributed by atoms with E-state index in [1.165, 1.54) is 18.2 Å². The van der Waals surface area contributed by atoms with Crippen molar-refractivity contribution in [2.24, 2.45) is 5.92 Å². The molecule has 1 saturated carbocycles. The average Bonchev–Trinajstić information content (AvgIpc) is 3.20. The van der Waals surface area contributed by atoms with Gasteiger partial charge in [-0.15, -0.1) is 0 Å². The van der Waals surface area contributed by atoms with Crippen LogP contribution in [0.2, 0.25) is 5.02 Å². The number of carbonyl (C=O) groups excluding carboxylic acids is 1. The van der Waals surface area contributed by atoms with Crippen LogP contribution in [0.5, 0.6) is 5.75 Å². The number of ether oxygens (including phenoxy) is 2. The van der Waals surface area contributed by atoms with Crippen LogP contribution in [0, 0.1) is 17.6 Å². The fourth-order valence-corrected chi connectivity index (χ4v) is 5.86. The van der Waals surface area contributed by atoms with Gasteiger partial charge in [0.15, 0.2) is 0 Å². The van der Waals surface area contributed by atoms with Gasteiger partial charge in [0.05, 0.1) is 29.6 Å². The minimum atomic E-state index is -0.586. The predicted octanol–water partition coefficient (Wildman–Crippen LogP) is 5.16. The maximum absolute atomic E-state index is 14.7. The summed E-state index contributed by atoms with van der Waals surface area (Å²) in [6, 6.07) is 9.09. The minimum Gasteiger partial charge on any atom is -0.497 e. The molecule has 0 amide bonds. The molecular formula is C29H32ClF2N3O3. The lowest BCUT2D eigenvalue weighted by Crippen LogP contribution is -2.57. The Bertz CT molecular complexity index is 1280. The Balaban J connectivity index is 1.33. The third-order valence-electron chi connectivity index (χ3n) is 7.76. The van der Waals surface area contributed by atoms with Crippen molar-refractivity contribution in [3.8, 4) is 5.75 Å². The highest BCUT2D eigenvalue weighted by molar-refractivity contribution is 6.32. The van der Waals surface area contributed by atoms with Gasteiger partial charge in [-0.3, -0.25) is 9.78 Å². The molecule has 1 saturated heterocycles. The molecule has 4 atom stereocenters. The molecule has 9 heteroatoms. The van der Waals surface area contributed by atoms with Gasteiger partial charge in [-0.25, -0.2) is 8.78 Å². The highest BCUT2D eigenvalue weighted by Crippen LogP contribution is 2.42. The zero-order valence-electron chi connectivity index (χ0n) is 21.3. The molecule has 38 heavy (non-hydrogen) atoms. The molecule has 2 N–H and O–H groups in total. The lowest BCUT2D eigenvalue weighted by molar-refractivity contribution is -0.162. The van der Waals surface area contributed by atoms with E-state index < -0.39 is 29.7 Å². The molecule has 4 unspecified atom stereocenters. The highest BCUT2D eigenvalue weighted by Gasteiger charge is 2.46. The van der Waals surface area contributed by atoms with Crippen LogP contribution in [-0.4, -0.2) is 49.8 Å². The Kier molecular flexibility index (Phi) is 8.41. The fraction of sp³-hybridized carbons (Fsp3) is 0.448. The number of carbonyl (C=O) groups is 1. The molecule has 1 aliphatic carbocycles. The summed E-state index contributed by atoms with van der Waals surface area (Å²) in [5.74, 6) is -1.31. The summed E-state index contributed by atoms with van der Waals surface area (Å²) in [4.78, 5) is 17.4. The first-order valence-corrected chi connectivity index (χ1v) is 13.5. The number of halogens is 3. The van der Waals surface area contributed by atoms with E-state index in [1.807, 2.05) is 18.2 Å². The Morgan fingerprint density at radius 3 is 2.79 bits per heavy atom. The van der Waals surface area contributed by atoms with Crippen molar-refractivity contribution in [1.82, 2.24) is 15.6 Å². The molecule has 3 aromatic rings. The first-order valence-electron chi connectivity index (χ1n) is 13.2. The molecule has 0 spiro atoms. The number of nitrogens with one attached hydrogen (secondary N) is 2. The SMILES string of the molecule is COc1ccc2ncc(Cl)c(CCNC3C(OC(=O)C4CCCNCC4)CC3c3c(F)cccc3F)c2c1. The minimum absolute atomic E-state index is 0.0353. The second kappa shape index (κ2) is 11.9. The number of fused-ring (bicyclic) bond motifs is 1. The van der Waals surface area contributed by atoms with Gasteiger partial charge in [-0.1, -0.05) is 17.7 Å². The van der Waals surface area contributed by atoms with Crippen LogP contribution in [0.25, 0.3) is 10.9 Å². The van der Waals surface area contributed by atoms with Gasteiger partial charge in [0.1, 0.15) is 23.5 Å². The number of pyridine rings is 1. The topological polar surface area (TPSA) is 72.5 Å². The number of hydrogen-bond acceptors (Lipinski definition) is 6. The first-order chi connectivity index (χ1) is 18.5. The van der Waals surface area contributed by atoms with Gasteiger partial charge in [0.25, 0.3) is 0 Å². The van der Waals surface area contributed by atoms with Gasteiger partial charge >= 0.3 is 5.97 Å². The number of nitrogens with zero attached hydrogens (tertiary/aromatic N) is 1. The van der Waals surface area contributed by atoms with Crippen LogP contribution in [-0.2, 0) is 16.0 Å². The van der Waals surface area contributed by atoms with Crippen LogP contribution in [0.3, 0.4) is 0 Å². The van der Waals surface area contributed by atoms with Crippen molar-refractivity contribution in [3.63, 3.8) is 0 Å². The maximum Gasteiger partial charge on any atom is 0.309 e. The molecule has 202 valence electrons. The number of esters is 1. The number of methoxy groups -OCH3 is 1. The molecule has 2 aromatic carbocycles. The van der Waals surface area contributed by atoms with E-state index in [0.717, 1.165) is 48.8 Å². The Labute approximate surface area is 226 Å². The Morgan fingerprint density at radius 2 is 2.00 bits per heavy atom. The second-order valence-corrected chi connectivity index (χ2v) is 10.4. The summed E-state index contributed by atoms with van der Waals surface area (Å²) in [5, 5.41) is 8.15. The molecule has 1 aromatic heterocycles. The molecule has 2 aliphatic rings. The van der Waals surface area contributed by atoms with Crippen LogP contribution in [0.4, 0.5) is 8.78 Å². The number of hydrogen-bond donors (Lipinski definition) is 2.